The topological polar surface area (TPSA) is 49.3 Å². The normalized spacial score (nSPS) is 14.5. The van der Waals surface area contributed by atoms with E-state index in [2.05, 4.69) is 21.2 Å². The molecule has 0 radical (unpaired) electrons. The van der Waals surface area contributed by atoms with E-state index >= 15 is 0 Å². The van der Waals surface area contributed by atoms with Crippen molar-refractivity contribution in [3.05, 3.63) is 28.7 Å². The Labute approximate surface area is 120 Å². The maximum Gasteiger partial charge on any atom is 0.324 e. The number of carboxylic acids is 1. The van der Waals surface area contributed by atoms with Crippen LogP contribution >= 0.6 is 27.7 Å². The van der Waals surface area contributed by atoms with Crippen LogP contribution in [0.25, 0.3) is 0 Å². The van der Waals surface area contributed by atoms with E-state index in [1.165, 1.54) is 11.8 Å². The molecule has 0 fully saturated rings. The molecule has 0 aliphatic rings. The van der Waals surface area contributed by atoms with Gasteiger partial charge in [0.25, 0.3) is 0 Å². The van der Waals surface area contributed by atoms with Crippen LogP contribution in [0.15, 0.2) is 33.6 Å². The molecule has 1 atom stereocenters. The van der Waals surface area contributed by atoms with Crippen LogP contribution in [-0.4, -0.2) is 28.4 Å². The molecule has 0 aromatic heterocycles. The summed E-state index contributed by atoms with van der Waals surface area (Å²) in [7, 11) is 0. The summed E-state index contributed by atoms with van der Waals surface area (Å²) < 4.78 is 0.993. The fourth-order valence-corrected chi connectivity index (χ4v) is 3.25. The molecule has 5 heteroatoms. The van der Waals surface area contributed by atoms with E-state index in [1.54, 1.807) is 6.92 Å². The Hall–Kier alpha value is -0.520. The average Bonchev–Trinajstić information content (AvgIpc) is 2.27. The quantitative estimate of drug-likeness (QED) is 0.784. The Balaban J connectivity index is 2.75. The van der Waals surface area contributed by atoms with Crippen molar-refractivity contribution in [1.82, 2.24) is 5.32 Å². The van der Waals surface area contributed by atoms with Gasteiger partial charge >= 0.3 is 5.97 Å². The number of carboxylic acid groups (broad SMARTS) is 1. The van der Waals surface area contributed by atoms with Crippen LogP contribution in [0.4, 0.5) is 0 Å². The minimum Gasteiger partial charge on any atom is -0.480 e. The van der Waals surface area contributed by atoms with E-state index in [0.717, 1.165) is 9.37 Å². The van der Waals surface area contributed by atoms with Crippen LogP contribution in [0.5, 0.6) is 0 Å². The van der Waals surface area contributed by atoms with Gasteiger partial charge in [-0.1, -0.05) is 12.1 Å². The summed E-state index contributed by atoms with van der Waals surface area (Å²) in [6.07, 6.45) is 0. The van der Waals surface area contributed by atoms with Gasteiger partial charge in [0.2, 0.25) is 0 Å². The largest absolute Gasteiger partial charge is 0.480 e. The predicted octanol–water partition coefficient (Wildman–Crippen LogP) is 3.38. The number of rotatable bonds is 6. The zero-order valence-electron chi connectivity index (χ0n) is 10.7. The van der Waals surface area contributed by atoms with Crippen LogP contribution in [0, 0.1) is 0 Å². The van der Waals surface area contributed by atoms with Crippen molar-refractivity contribution in [2.24, 2.45) is 0 Å². The third kappa shape index (κ3) is 4.30. The van der Waals surface area contributed by atoms with Gasteiger partial charge < -0.3 is 5.11 Å². The van der Waals surface area contributed by atoms with Crippen molar-refractivity contribution in [2.45, 2.75) is 37.2 Å². The van der Waals surface area contributed by atoms with Crippen LogP contribution < -0.4 is 5.32 Å². The zero-order chi connectivity index (χ0) is 13.8. The van der Waals surface area contributed by atoms with Gasteiger partial charge in [-0.2, -0.15) is 0 Å². The smallest absolute Gasteiger partial charge is 0.324 e. The standard InChI is InChI=1S/C13H18BrNO2S/c1-9(2)15-13(3,12(16)17)8-18-11-7-5-4-6-10(11)14/h4-7,9,15H,8H2,1-3H3,(H,16,17). The lowest BCUT2D eigenvalue weighted by Gasteiger charge is -2.28. The summed E-state index contributed by atoms with van der Waals surface area (Å²) in [5, 5.41) is 12.5. The molecule has 1 rings (SSSR count). The van der Waals surface area contributed by atoms with Crippen molar-refractivity contribution in [2.75, 3.05) is 5.75 Å². The van der Waals surface area contributed by atoms with Gasteiger partial charge in [0, 0.05) is 21.2 Å². The Bertz CT molecular complexity index is 425. The van der Waals surface area contributed by atoms with Crippen molar-refractivity contribution in [1.29, 1.82) is 0 Å². The molecule has 0 saturated heterocycles. The third-order valence-electron chi connectivity index (χ3n) is 2.43. The molecular formula is C13H18BrNO2S. The van der Waals surface area contributed by atoms with Crippen LogP contribution in [0.2, 0.25) is 0 Å². The molecule has 3 nitrogen and oxygen atoms in total. The van der Waals surface area contributed by atoms with Crippen LogP contribution in [0.3, 0.4) is 0 Å². The molecule has 0 aliphatic carbocycles. The Morgan fingerprint density at radius 3 is 2.61 bits per heavy atom. The van der Waals surface area contributed by atoms with E-state index < -0.39 is 11.5 Å². The minimum absolute atomic E-state index is 0.130. The summed E-state index contributed by atoms with van der Waals surface area (Å²) in [5.74, 6) is -0.348. The van der Waals surface area contributed by atoms with Gasteiger partial charge in [-0.25, -0.2) is 0 Å². The molecular weight excluding hydrogens is 314 g/mol. The van der Waals surface area contributed by atoms with Crippen molar-refractivity contribution in [3.8, 4) is 0 Å². The predicted molar refractivity (Wildman–Crippen MR) is 79.2 cm³/mol. The van der Waals surface area contributed by atoms with Gasteiger partial charge in [0.05, 0.1) is 0 Å². The third-order valence-corrected chi connectivity index (χ3v) is 4.77. The average molecular weight is 332 g/mol. The molecule has 100 valence electrons. The molecule has 0 saturated carbocycles. The number of hydrogen-bond acceptors (Lipinski definition) is 3. The second-order valence-corrected chi connectivity index (χ2v) is 6.53. The Morgan fingerprint density at radius 1 is 1.50 bits per heavy atom. The number of nitrogens with one attached hydrogen (secondary N) is 1. The van der Waals surface area contributed by atoms with Gasteiger partial charge in [-0.15, -0.1) is 11.8 Å². The number of carbonyl (C=O) groups is 1. The highest BCUT2D eigenvalue weighted by atomic mass is 79.9. The molecule has 0 heterocycles. The molecule has 2 N–H and O–H groups in total. The monoisotopic (exact) mass is 331 g/mol. The van der Waals surface area contributed by atoms with E-state index in [0.29, 0.717) is 5.75 Å². The van der Waals surface area contributed by atoms with Crippen molar-refractivity contribution >= 4 is 33.7 Å². The lowest BCUT2D eigenvalue weighted by molar-refractivity contribution is -0.143. The SMILES string of the molecule is CC(C)NC(C)(CSc1ccccc1Br)C(=O)O. The van der Waals surface area contributed by atoms with E-state index in [4.69, 9.17) is 0 Å². The number of aliphatic carboxylic acids is 1. The van der Waals surface area contributed by atoms with Crippen LogP contribution in [0.1, 0.15) is 20.8 Å². The highest BCUT2D eigenvalue weighted by molar-refractivity contribution is 9.10. The number of hydrogen-bond donors (Lipinski definition) is 2. The first-order valence-corrected chi connectivity index (χ1v) is 7.51. The lowest BCUT2D eigenvalue weighted by atomic mass is 10.1. The first-order valence-electron chi connectivity index (χ1n) is 5.73. The molecule has 1 aromatic carbocycles. The maximum absolute atomic E-state index is 11.4. The molecule has 0 bridgehead atoms. The molecule has 0 aliphatic heterocycles. The first-order chi connectivity index (χ1) is 8.35. The van der Waals surface area contributed by atoms with Crippen LogP contribution in [-0.2, 0) is 4.79 Å². The summed E-state index contributed by atoms with van der Waals surface area (Å²) in [6.45, 7) is 5.62. The minimum atomic E-state index is -0.923. The second kappa shape index (κ2) is 6.59. The van der Waals surface area contributed by atoms with Crippen molar-refractivity contribution in [3.63, 3.8) is 0 Å². The number of benzene rings is 1. The zero-order valence-corrected chi connectivity index (χ0v) is 13.1. The lowest BCUT2D eigenvalue weighted by Crippen LogP contribution is -2.54. The summed E-state index contributed by atoms with van der Waals surface area (Å²) in [6, 6.07) is 7.95. The fraction of sp³-hybridized carbons (Fsp3) is 0.462. The Kier molecular flexibility index (Phi) is 5.69. The fourth-order valence-electron chi connectivity index (χ4n) is 1.59. The number of thioether (sulfide) groups is 1. The van der Waals surface area contributed by atoms with E-state index in [9.17, 15) is 9.90 Å². The molecule has 18 heavy (non-hydrogen) atoms. The van der Waals surface area contributed by atoms with Gasteiger partial charge in [-0.3, -0.25) is 10.1 Å². The molecule has 0 amide bonds. The highest BCUT2D eigenvalue weighted by Crippen LogP contribution is 2.29. The molecule has 0 spiro atoms. The number of halogens is 1. The summed E-state index contributed by atoms with van der Waals surface area (Å²) in [5.41, 5.74) is -0.923. The van der Waals surface area contributed by atoms with E-state index in [1.807, 2.05) is 38.1 Å². The van der Waals surface area contributed by atoms with Crippen molar-refractivity contribution < 1.29 is 9.90 Å². The maximum atomic E-state index is 11.4. The Morgan fingerprint density at radius 2 is 2.11 bits per heavy atom. The summed E-state index contributed by atoms with van der Waals surface area (Å²) >= 11 is 5.00. The van der Waals surface area contributed by atoms with Gasteiger partial charge in [0.15, 0.2) is 0 Å². The second-order valence-electron chi connectivity index (χ2n) is 4.66. The molecule has 1 aromatic rings. The first kappa shape index (κ1) is 15.5. The van der Waals surface area contributed by atoms with Gasteiger partial charge in [-0.05, 0) is 48.8 Å². The van der Waals surface area contributed by atoms with Gasteiger partial charge in [0.1, 0.15) is 5.54 Å². The summed E-state index contributed by atoms with van der Waals surface area (Å²) in [4.78, 5) is 12.4. The van der Waals surface area contributed by atoms with E-state index in [-0.39, 0.29) is 6.04 Å². The molecule has 1 unspecified atom stereocenters. The highest BCUT2D eigenvalue weighted by Gasteiger charge is 2.33.